The molecule has 0 bridgehead atoms. The second-order valence-electron chi connectivity index (χ2n) is 13.0. The van der Waals surface area contributed by atoms with E-state index in [4.69, 9.17) is 0 Å². The smallest absolute Gasteiger partial charge is 0.0357 e. The summed E-state index contributed by atoms with van der Waals surface area (Å²) in [4.78, 5) is 0. The maximum Gasteiger partial charge on any atom is 0.0357 e. The van der Waals surface area contributed by atoms with Gasteiger partial charge in [-0.15, -0.1) is 5.92 Å². The predicted octanol–water partition coefficient (Wildman–Crippen LogP) is 10.9. The topological polar surface area (TPSA) is 0 Å². The summed E-state index contributed by atoms with van der Waals surface area (Å²) in [5, 5.41) is 0. The van der Waals surface area contributed by atoms with Crippen LogP contribution in [0.15, 0.2) is 82.0 Å². The van der Waals surface area contributed by atoms with Crippen LogP contribution in [0.2, 0.25) is 0 Å². The Morgan fingerprint density at radius 3 is 2.42 bits per heavy atom. The Morgan fingerprint density at radius 2 is 1.73 bits per heavy atom. The molecule has 0 amide bonds. The van der Waals surface area contributed by atoms with Crippen LogP contribution in [0.4, 0.5) is 0 Å². The van der Waals surface area contributed by atoms with Gasteiger partial charge in [0.2, 0.25) is 0 Å². The van der Waals surface area contributed by atoms with Crippen LogP contribution in [0.3, 0.4) is 0 Å². The molecule has 40 heavy (non-hydrogen) atoms. The van der Waals surface area contributed by atoms with E-state index < -0.39 is 0 Å². The second-order valence-corrected chi connectivity index (χ2v) is 13.0. The summed E-state index contributed by atoms with van der Waals surface area (Å²) < 4.78 is 0. The summed E-state index contributed by atoms with van der Waals surface area (Å²) in [7, 11) is 0. The molecule has 0 aromatic carbocycles. The molecule has 0 aliphatic heterocycles. The Balaban J connectivity index is 1.83. The minimum absolute atomic E-state index is 0.196. The van der Waals surface area contributed by atoms with Gasteiger partial charge in [-0.05, 0) is 105 Å². The second kappa shape index (κ2) is 15.6. The van der Waals surface area contributed by atoms with Crippen LogP contribution in [0.1, 0.15) is 108 Å². The Morgan fingerprint density at radius 1 is 0.975 bits per heavy atom. The standard InChI is InChI=1S/C40H52/c1-31(19-13-21-33(3)25-27-37-35(5)23-15-29-39(37,7)8)17-11-12-18-32(2)20-14-22-34(4)26-28-38-36(6)24-16-30-40(38,9)10/h16-17,21,24-28,32,34H,11,15,20,23,29-30H2,1-10H3/b27-25+,28-26+,31-17+,33-21-. The molecule has 0 spiro atoms. The van der Waals surface area contributed by atoms with Gasteiger partial charge in [-0.3, -0.25) is 0 Å². The SMILES string of the molecule is CC1=C(/C=C/C(C)C#CCC(C)C#CC/C=C(\C)C#C/C=C(C)\C=C\C2=C(C)CCCC2(C)C)C(C)(C)CC=C1. The lowest BCUT2D eigenvalue weighted by Gasteiger charge is -2.32. The third-order valence-corrected chi connectivity index (χ3v) is 7.92. The van der Waals surface area contributed by atoms with E-state index in [0.29, 0.717) is 0 Å². The van der Waals surface area contributed by atoms with Gasteiger partial charge in [0.15, 0.2) is 0 Å². The van der Waals surface area contributed by atoms with Crippen LogP contribution in [0.5, 0.6) is 0 Å². The van der Waals surface area contributed by atoms with Crippen LogP contribution in [-0.2, 0) is 0 Å². The largest absolute Gasteiger partial charge is 0.101 e. The van der Waals surface area contributed by atoms with Crippen molar-refractivity contribution in [2.75, 3.05) is 0 Å². The molecular formula is C40H52. The van der Waals surface area contributed by atoms with Gasteiger partial charge in [0, 0.05) is 24.7 Å². The van der Waals surface area contributed by atoms with Crippen molar-refractivity contribution < 1.29 is 0 Å². The highest BCUT2D eigenvalue weighted by Gasteiger charge is 2.26. The molecule has 2 atom stereocenters. The van der Waals surface area contributed by atoms with Gasteiger partial charge < -0.3 is 0 Å². The summed E-state index contributed by atoms with van der Waals surface area (Å²) in [6, 6.07) is 0. The van der Waals surface area contributed by atoms with Gasteiger partial charge in [0.25, 0.3) is 0 Å². The first-order valence-corrected chi connectivity index (χ1v) is 15.1. The van der Waals surface area contributed by atoms with Crippen molar-refractivity contribution in [3.8, 4) is 35.5 Å². The molecule has 0 aromatic heterocycles. The van der Waals surface area contributed by atoms with Crippen molar-refractivity contribution in [1.29, 1.82) is 0 Å². The molecule has 212 valence electrons. The lowest BCUT2D eigenvalue weighted by atomic mass is 9.72. The molecule has 0 N–H and O–H groups in total. The van der Waals surface area contributed by atoms with Crippen molar-refractivity contribution in [1.82, 2.24) is 0 Å². The van der Waals surface area contributed by atoms with Gasteiger partial charge in [-0.25, -0.2) is 0 Å². The summed E-state index contributed by atoms with van der Waals surface area (Å²) >= 11 is 0. The maximum atomic E-state index is 3.38. The minimum Gasteiger partial charge on any atom is -0.101 e. The average Bonchev–Trinajstić information content (AvgIpc) is 2.85. The van der Waals surface area contributed by atoms with E-state index in [1.165, 1.54) is 47.1 Å². The van der Waals surface area contributed by atoms with Crippen LogP contribution in [-0.4, -0.2) is 0 Å². The molecule has 0 heterocycles. The maximum absolute atomic E-state index is 3.38. The summed E-state index contributed by atoms with van der Waals surface area (Å²) in [5.74, 6) is 20.3. The van der Waals surface area contributed by atoms with Gasteiger partial charge in [0.05, 0.1) is 0 Å². The first-order valence-electron chi connectivity index (χ1n) is 15.1. The Labute approximate surface area is 247 Å². The molecule has 2 rings (SSSR count). The van der Waals surface area contributed by atoms with Gasteiger partial charge in [-0.1, -0.05) is 112 Å². The highest BCUT2D eigenvalue weighted by atomic mass is 14.3. The molecule has 0 heteroatoms. The molecule has 0 aromatic rings. The van der Waals surface area contributed by atoms with Crippen molar-refractivity contribution in [2.24, 2.45) is 22.7 Å². The van der Waals surface area contributed by atoms with Crippen LogP contribution in [0, 0.1) is 58.2 Å². The zero-order chi connectivity index (χ0) is 29.8. The fraction of sp³-hybridized carbons (Fsp3) is 0.500. The van der Waals surface area contributed by atoms with E-state index in [2.05, 4.69) is 147 Å². The quantitative estimate of drug-likeness (QED) is 0.236. The van der Waals surface area contributed by atoms with Crippen molar-refractivity contribution >= 4 is 0 Å². The van der Waals surface area contributed by atoms with E-state index in [-0.39, 0.29) is 22.7 Å². The molecular weight excluding hydrogens is 480 g/mol. The van der Waals surface area contributed by atoms with Gasteiger partial charge >= 0.3 is 0 Å². The van der Waals surface area contributed by atoms with Crippen molar-refractivity contribution in [3.63, 3.8) is 0 Å². The average molecular weight is 533 g/mol. The molecule has 0 saturated carbocycles. The Hall–Kier alpha value is -3.14. The van der Waals surface area contributed by atoms with E-state index in [0.717, 1.165) is 24.8 Å². The molecule has 0 fully saturated rings. The lowest BCUT2D eigenvalue weighted by Crippen LogP contribution is -2.19. The molecule has 0 saturated heterocycles. The van der Waals surface area contributed by atoms with E-state index >= 15 is 0 Å². The molecule has 2 aliphatic carbocycles. The summed E-state index contributed by atoms with van der Waals surface area (Å²) in [6.45, 7) is 22.3. The van der Waals surface area contributed by atoms with Gasteiger partial charge in [-0.2, -0.15) is 0 Å². The van der Waals surface area contributed by atoms with Crippen molar-refractivity contribution in [2.45, 2.75) is 108 Å². The Bertz CT molecular complexity index is 1300. The molecule has 0 nitrogen and oxygen atoms in total. The summed E-state index contributed by atoms with van der Waals surface area (Å²) in [5.41, 5.74) is 8.51. The molecule has 0 radical (unpaired) electrons. The highest BCUT2D eigenvalue weighted by Crippen LogP contribution is 2.41. The number of hydrogen-bond acceptors (Lipinski definition) is 0. The zero-order valence-electron chi connectivity index (χ0n) is 27.0. The Kier molecular flexibility index (Phi) is 12.9. The van der Waals surface area contributed by atoms with E-state index in [1.807, 2.05) is 6.08 Å². The fourth-order valence-corrected chi connectivity index (χ4v) is 5.36. The molecule has 2 aliphatic rings. The monoisotopic (exact) mass is 532 g/mol. The van der Waals surface area contributed by atoms with Crippen molar-refractivity contribution in [3.05, 3.63) is 82.0 Å². The van der Waals surface area contributed by atoms with Crippen LogP contribution >= 0.6 is 0 Å². The normalized spacial score (nSPS) is 20.4. The lowest BCUT2D eigenvalue weighted by molar-refractivity contribution is 0.377. The molecule has 2 unspecified atom stereocenters. The third-order valence-electron chi connectivity index (χ3n) is 7.92. The number of rotatable bonds is 6. The minimum atomic E-state index is 0.196. The summed E-state index contributed by atoms with van der Waals surface area (Å²) in [6.07, 6.45) is 24.1. The van der Waals surface area contributed by atoms with E-state index in [9.17, 15) is 0 Å². The van der Waals surface area contributed by atoms with Gasteiger partial charge in [0.1, 0.15) is 0 Å². The third kappa shape index (κ3) is 11.2. The number of hydrogen-bond donors (Lipinski definition) is 0. The highest BCUT2D eigenvalue weighted by molar-refractivity contribution is 5.41. The number of allylic oxidation sites excluding steroid dienone is 14. The van der Waals surface area contributed by atoms with E-state index in [1.54, 1.807) is 0 Å². The zero-order valence-corrected chi connectivity index (χ0v) is 27.0. The predicted molar refractivity (Wildman–Crippen MR) is 177 cm³/mol. The van der Waals surface area contributed by atoms with Crippen LogP contribution < -0.4 is 0 Å². The van der Waals surface area contributed by atoms with Crippen LogP contribution in [0.25, 0.3) is 0 Å². The fourth-order valence-electron chi connectivity index (χ4n) is 5.36. The first-order chi connectivity index (χ1) is 18.8. The first kappa shape index (κ1) is 33.1.